The Balaban J connectivity index is 1.39. The normalized spacial score (nSPS) is 27.4. The van der Waals surface area contributed by atoms with Crippen molar-refractivity contribution in [3.05, 3.63) is 71.6 Å². The highest BCUT2D eigenvalue weighted by Gasteiger charge is 2.53. The van der Waals surface area contributed by atoms with E-state index in [2.05, 4.69) is 76.2 Å². The van der Waals surface area contributed by atoms with E-state index in [0.29, 0.717) is 0 Å². The summed E-state index contributed by atoms with van der Waals surface area (Å²) in [4.78, 5) is 5.03. The van der Waals surface area contributed by atoms with Gasteiger partial charge < -0.3 is 9.67 Å². The molecule has 0 saturated carbocycles. The van der Waals surface area contributed by atoms with Gasteiger partial charge in [-0.15, -0.1) is 0 Å². The number of hydrogen-bond donors (Lipinski definition) is 1. The third-order valence-corrected chi connectivity index (χ3v) is 7.35. The topological polar surface area (TPSA) is 31.6 Å². The van der Waals surface area contributed by atoms with Crippen molar-refractivity contribution in [3.63, 3.8) is 0 Å². The molecule has 1 aliphatic carbocycles. The maximum atomic E-state index is 11.6. The zero-order valence-electron chi connectivity index (χ0n) is 16.8. The van der Waals surface area contributed by atoms with Gasteiger partial charge in [-0.25, -0.2) is 0 Å². The zero-order chi connectivity index (χ0) is 19.1. The highest BCUT2D eigenvalue weighted by Crippen LogP contribution is 2.53. The summed E-state index contributed by atoms with van der Waals surface area (Å²) in [6, 6.07) is 13.3. The summed E-state index contributed by atoms with van der Waals surface area (Å²) >= 11 is 0. The van der Waals surface area contributed by atoms with E-state index in [1.54, 1.807) is 0 Å². The van der Waals surface area contributed by atoms with Crippen LogP contribution >= 0.6 is 0 Å². The average molecular weight is 378 g/mol. The van der Waals surface area contributed by atoms with Gasteiger partial charge in [0.2, 0.25) is 0 Å². The second kappa shape index (κ2) is 7.18. The highest BCUT2D eigenvalue weighted by atomic mass is 16.3. The summed E-state index contributed by atoms with van der Waals surface area (Å²) < 4.78 is 2.21. The van der Waals surface area contributed by atoms with Gasteiger partial charge in [0.05, 0.1) is 12.1 Å². The Bertz CT molecular complexity index is 862. The van der Waals surface area contributed by atoms with Gasteiger partial charge in [-0.05, 0) is 55.6 Å². The van der Waals surface area contributed by atoms with Crippen LogP contribution < -0.4 is 0 Å². The van der Waals surface area contributed by atoms with Crippen LogP contribution in [-0.4, -0.2) is 51.8 Å². The van der Waals surface area contributed by atoms with E-state index in [4.69, 9.17) is 0 Å². The molecule has 2 aromatic rings. The van der Waals surface area contributed by atoms with E-state index in [1.165, 1.54) is 16.8 Å². The number of aliphatic hydroxyl groups excluding tert-OH is 1. The molecule has 1 N–H and O–H groups in total. The SMILES string of the molecule is Cn1cccc1CN1CCC2(CC1)c1ccccc1[C@@H](N1CC=CCC1)[C@@H]2O. The number of benzene rings is 1. The Morgan fingerprint density at radius 2 is 1.86 bits per heavy atom. The first kappa shape index (κ1) is 18.2. The average Bonchev–Trinajstić information content (AvgIpc) is 3.24. The first-order valence-corrected chi connectivity index (χ1v) is 10.7. The molecule has 4 nitrogen and oxygen atoms in total. The van der Waals surface area contributed by atoms with Crippen molar-refractivity contribution in [2.24, 2.45) is 7.05 Å². The molecule has 1 spiro atoms. The smallest absolute Gasteiger partial charge is 0.0834 e. The Hall–Kier alpha value is -1.88. The van der Waals surface area contributed by atoms with Crippen LogP contribution in [0.4, 0.5) is 0 Å². The number of nitrogens with zero attached hydrogens (tertiary/aromatic N) is 3. The maximum absolute atomic E-state index is 11.6. The lowest BCUT2D eigenvalue weighted by atomic mass is 9.72. The van der Waals surface area contributed by atoms with Crippen LogP contribution in [0.15, 0.2) is 54.7 Å². The third kappa shape index (κ3) is 2.86. The fraction of sp³-hybridized carbons (Fsp3) is 0.500. The number of aromatic nitrogens is 1. The highest BCUT2D eigenvalue weighted by molar-refractivity contribution is 5.45. The van der Waals surface area contributed by atoms with Gasteiger partial charge in [0.15, 0.2) is 0 Å². The van der Waals surface area contributed by atoms with Gasteiger partial charge in [-0.3, -0.25) is 9.80 Å². The molecule has 3 aliphatic rings. The second-order valence-corrected chi connectivity index (χ2v) is 8.77. The van der Waals surface area contributed by atoms with Crippen LogP contribution in [0.1, 0.15) is 42.1 Å². The number of piperidine rings is 1. The van der Waals surface area contributed by atoms with Gasteiger partial charge in [-0.2, -0.15) is 0 Å². The quantitative estimate of drug-likeness (QED) is 0.834. The molecular weight excluding hydrogens is 346 g/mol. The fourth-order valence-electron chi connectivity index (χ4n) is 5.71. The van der Waals surface area contributed by atoms with E-state index in [0.717, 1.165) is 52.0 Å². The monoisotopic (exact) mass is 377 g/mol. The van der Waals surface area contributed by atoms with Crippen molar-refractivity contribution >= 4 is 0 Å². The predicted molar refractivity (Wildman–Crippen MR) is 112 cm³/mol. The minimum Gasteiger partial charge on any atom is -0.390 e. The fourth-order valence-corrected chi connectivity index (χ4v) is 5.71. The van der Waals surface area contributed by atoms with E-state index in [-0.39, 0.29) is 17.6 Å². The van der Waals surface area contributed by atoms with Crippen LogP contribution in [0.3, 0.4) is 0 Å². The van der Waals surface area contributed by atoms with Crippen molar-refractivity contribution in [1.29, 1.82) is 0 Å². The lowest BCUT2D eigenvalue weighted by Crippen LogP contribution is -2.50. The van der Waals surface area contributed by atoms with Crippen molar-refractivity contribution in [2.75, 3.05) is 26.2 Å². The molecule has 2 atom stereocenters. The molecule has 4 heteroatoms. The van der Waals surface area contributed by atoms with E-state index in [9.17, 15) is 5.11 Å². The standard InChI is InChI=1S/C24H31N3O/c1-25-13-7-8-19(25)18-26-16-11-24(12-17-26)21-10-4-3-9-20(21)22(23(24)28)27-14-5-2-6-15-27/h2-5,7-10,13,22-23,28H,6,11-12,14-18H2,1H3/t22-,23+/m1/s1. The molecule has 0 bridgehead atoms. The number of aryl methyl sites for hydroxylation is 1. The Morgan fingerprint density at radius 3 is 2.57 bits per heavy atom. The molecule has 5 rings (SSSR count). The van der Waals surface area contributed by atoms with Crippen LogP contribution in [0.25, 0.3) is 0 Å². The Labute approximate surface area is 168 Å². The molecule has 0 amide bonds. The molecule has 1 saturated heterocycles. The van der Waals surface area contributed by atoms with E-state index >= 15 is 0 Å². The van der Waals surface area contributed by atoms with Crippen LogP contribution in [0.5, 0.6) is 0 Å². The lowest BCUT2D eigenvalue weighted by Gasteiger charge is -2.44. The van der Waals surface area contributed by atoms with Crippen molar-refractivity contribution in [3.8, 4) is 0 Å². The van der Waals surface area contributed by atoms with Crippen molar-refractivity contribution in [2.45, 2.75) is 43.4 Å². The number of aliphatic hydroxyl groups is 1. The van der Waals surface area contributed by atoms with Crippen LogP contribution in [0, 0.1) is 0 Å². The zero-order valence-corrected chi connectivity index (χ0v) is 16.8. The van der Waals surface area contributed by atoms with Crippen LogP contribution in [-0.2, 0) is 19.0 Å². The summed E-state index contributed by atoms with van der Waals surface area (Å²) in [5.74, 6) is 0. The number of likely N-dealkylation sites (tertiary alicyclic amines) is 1. The Morgan fingerprint density at radius 1 is 1.04 bits per heavy atom. The van der Waals surface area contributed by atoms with Crippen LogP contribution in [0.2, 0.25) is 0 Å². The predicted octanol–water partition coefficient (Wildman–Crippen LogP) is 3.24. The second-order valence-electron chi connectivity index (χ2n) is 8.77. The summed E-state index contributed by atoms with van der Waals surface area (Å²) in [6.45, 7) is 5.08. The number of rotatable bonds is 3. The van der Waals surface area contributed by atoms with Crippen molar-refractivity contribution < 1.29 is 5.11 Å². The summed E-state index contributed by atoms with van der Waals surface area (Å²) in [5.41, 5.74) is 4.04. The molecule has 1 aromatic carbocycles. The van der Waals surface area contributed by atoms with Gasteiger partial charge in [-0.1, -0.05) is 36.4 Å². The number of hydrogen-bond acceptors (Lipinski definition) is 3. The largest absolute Gasteiger partial charge is 0.390 e. The van der Waals surface area contributed by atoms with Gasteiger partial charge in [0.25, 0.3) is 0 Å². The molecule has 3 heterocycles. The number of fused-ring (bicyclic) bond motifs is 2. The molecule has 28 heavy (non-hydrogen) atoms. The van der Waals surface area contributed by atoms with Gasteiger partial charge >= 0.3 is 0 Å². The third-order valence-electron chi connectivity index (χ3n) is 7.35. The molecule has 0 radical (unpaired) electrons. The molecule has 2 aliphatic heterocycles. The molecule has 148 valence electrons. The molecular formula is C24H31N3O. The first-order valence-electron chi connectivity index (χ1n) is 10.7. The van der Waals surface area contributed by atoms with Crippen molar-refractivity contribution in [1.82, 2.24) is 14.4 Å². The summed E-state index contributed by atoms with van der Waals surface area (Å²) in [5, 5.41) is 11.6. The first-order chi connectivity index (χ1) is 13.7. The summed E-state index contributed by atoms with van der Waals surface area (Å²) in [7, 11) is 2.12. The molecule has 0 unspecified atom stereocenters. The Kier molecular flexibility index (Phi) is 4.66. The van der Waals surface area contributed by atoms with Gasteiger partial charge in [0, 0.05) is 44.0 Å². The summed E-state index contributed by atoms with van der Waals surface area (Å²) in [6.07, 6.45) is 9.49. The minimum absolute atomic E-state index is 0.0901. The molecule has 1 aromatic heterocycles. The molecule has 1 fully saturated rings. The lowest BCUT2D eigenvalue weighted by molar-refractivity contribution is -0.0143. The van der Waals surface area contributed by atoms with E-state index < -0.39 is 0 Å². The van der Waals surface area contributed by atoms with Gasteiger partial charge in [0.1, 0.15) is 0 Å². The minimum atomic E-state index is -0.311. The maximum Gasteiger partial charge on any atom is 0.0834 e. The van der Waals surface area contributed by atoms with E-state index in [1.807, 2.05) is 0 Å².